The molecule has 2 heterocycles. The van der Waals surface area contributed by atoms with Crippen molar-refractivity contribution in [2.24, 2.45) is 0 Å². The summed E-state index contributed by atoms with van der Waals surface area (Å²) in [5, 5.41) is 0. The van der Waals surface area contributed by atoms with Crippen LogP contribution in [0.5, 0.6) is 0 Å². The molecule has 0 amide bonds. The van der Waals surface area contributed by atoms with Crippen LogP contribution in [0.2, 0.25) is 0 Å². The van der Waals surface area contributed by atoms with E-state index in [0.717, 1.165) is 37.6 Å². The SMILES string of the molecule is [B]N1CCN(c2ncnc3c2[C@H](C)C[C@H]3OC)[C@@H](C)C1. The van der Waals surface area contributed by atoms with Gasteiger partial charge in [0, 0.05) is 38.3 Å². The quantitative estimate of drug-likeness (QED) is 0.758. The van der Waals surface area contributed by atoms with Gasteiger partial charge in [0.1, 0.15) is 18.2 Å². The minimum Gasteiger partial charge on any atom is -0.375 e. The lowest BCUT2D eigenvalue weighted by atomic mass is 10.0. The molecule has 1 saturated heterocycles. The molecule has 0 bridgehead atoms. The second-order valence-corrected chi connectivity index (χ2v) is 5.89. The minimum absolute atomic E-state index is 0.104. The van der Waals surface area contributed by atoms with Crippen LogP contribution in [0.1, 0.15) is 43.5 Å². The highest BCUT2D eigenvalue weighted by atomic mass is 16.5. The van der Waals surface area contributed by atoms with Crippen molar-refractivity contribution in [3.05, 3.63) is 17.6 Å². The van der Waals surface area contributed by atoms with Crippen LogP contribution < -0.4 is 4.90 Å². The van der Waals surface area contributed by atoms with Gasteiger partial charge < -0.3 is 14.4 Å². The molecule has 2 radical (unpaired) electrons. The summed E-state index contributed by atoms with van der Waals surface area (Å²) in [6.07, 6.45) is 2.76. The first kappa shape index (κ1) is 13.8. The van der Waals surface area contributed by atoms with Crippen molar-refractivity contribution < 1.29 is 4.74 Å². The van der Waals surface area contributed by atoms with E-state index in [-0.39, 0.29) is 6.10 Å². The highest BCUT2D eigenvalue weighted by Crippen LogP contribution is 2.44. The Morgan fingerprint density at radius 3 is 2.80 bits per heavy atom. The molecule has 2 aliphatic rings. The molecule has 1 aromatic heterocycles. The molecule has 1 aliphatic heterocycles. The van der Waals surface area contributed by atoms with Crippen LogP contribution in [-0.2, 0) is 4.74 Å². The van der Waals surface area contributed by atoms with Gasteiger partial charge in [-0.15, -0.1) is 0 Å². The first-order valence-corrected chi connectivity index (χ1v) is 7.25. The summed E-state index contributed by atoms with van der Waals surface area (Å²) in [6.45, 7) is 7.06. The number of fused-ring (bicyclic) bond motifs is 1. The lowest BCUT2D eigenvalue weighted by Crippen LogP contribution is -2.51. The summed E-state index contributed by atoms with van der Waals surface area (Å²) in [5.41, 5.74) is 2.32. The van der Waals surface area contributed by atoms with Crippen LogP contribution in [0, 0.1) is 0 Å². The molecule has 5 nitrogen and oxygen atoms in total. The Morgan fingerprint density at radius 2 is 2.10 bits per heavy atom. The van der Waals surface area contributed by atoms with E-state index in [2.05, 4.69) is 28.7 Å². The molecule has 106 valence electrons. The minimum atomic E-state index is 0.104. The Kier molecular flexibility index (Phi) is 3.69. The van der Waals surface area contributed by atoms with Crippen LogP contribution in [0.15, 0.2) is 6.33 Å². The molecule has 1 aromatic rings. The van der Waals surface area contributed by atoms with Crippen molar-refractivity contribution in [3.63, 3.8) is 0 Å². The van der Waals surface area contributed by atoms with Gasteiger partial charge in [-0.05, 0) is 19.3 Å². The van der Waals surface area contributed by atoms with Crippen molar-refractivity contribution in [3.8, 4) is 0 Å². The van der Waals surface area contributed by atoms with Crippen LogP contribution in [0.4, 0.5) is 5.82 Å². The number of hydrogen-bond donors (Lipinski definition) is 0. The van der Waals surface area contributed by atoms with E-state index < -0.39 is 0 Å². The third-order valence-corrected chi connectivity index (χ3v) is 4.47. The molecule has 3 atom stereocenters. The van der Waals surface area contributed by atoms with Gasteiger partial charge in [-0.25, -0.2) is 9.97 Å². The average molecular weight is 272 g/mol. The van der Waals surface area contributed by atoms with Gasteiger partial charge in [-0.1, -0.05) is 6.92 Å². The Hall–Kier alpha value is -1.14. The Morgan fingerprint density at radius 1 is 1.30 bits per heavy atom. The third kappa shape index (κ3) is 2.21. The molecule has 0 unspecified atom stereocenters. The van der Waals surface area contributed by atoms with E-state index in [9.17, 15) is 0 Å². The molecule has 0 spiro atoms. The molecule has 6 heteroatoms. The van der Waals surface area contributed by atoms with Crippen LogP contribution in [0.25, 0.3) is 0 Å². The van der Waals surface area contributed by atoms with E-state index in [4.69, 9.17) is 12.7 Å². The molecule has 20 heavy (non-hydrogen) atoms. The second-order valence-electron chi connectivity index (χ2n) is 5.89. The molecular formula is C14H21BN4O. The Bertz CT molecular complexity index is 498. The van der Waals surface area contributed by atoms with Crippen LogP contribution >= 0.6 is 0 Å². The molecular weight excluding hydrogens is 251 g/mol. The lowest BCUT2D eigenvalue weighted by molar-refractivity contribution is 0.0982. The maximum Gasteiger partial charge on any atom is 0.182 e. The highest BCUT2D eigenvalue weighted by molar-refractivity contribution is 6.04. The average Bonchev–Trinajstić information content (AvgIpc) is 2.76. The molecule has 1 aliphatic carbocycles. The van der Waals surface area contributed by atoms with E-state index >= 15 is 0 Å². The fourth-order valence-electron chi connectivity index (χ4n) is 3.42. The van der Waals surface area contributed by atoms with Gasteiger partial charge in [0.05, 0.1) is 5.69 Å². The van der Waals surface area contributed by atoms with Crippen LogP contribution in [-0.4, -0.2) is 55.5 Å². The van der Waals surface area contributed by atoms with Crippen molar-refractivity contribution in [1.82, 2.24) is 14.8 Å². The summed E-state index contributed by atoms with van der Waals surface area (Å²) in [7, 11) is 7.66. The Labute approximate surface area is 121 Å². The maximum absolute atomic E-state index is 5.90. The van der Waals surface area contributed by atoms with E-state index in [1.807, 2.05) is 4.81 Å². The predicted octanol–water partition coefficient (Wildman–Crippen LogP) is 1.27. The predicted molar refractivity (Wildman–Crippen MR) is 78.9 cm³/mol. The smallest absolute Gasteiger partial charge is 0.182 e. The van der Waals surface area contributed by atoms with Gasteiger partial charge in [-0.3, -0.25) is 0 Å². The molecule has 0 aromatic carbocycles. The molecule has 3 rings (SSSR count). The summed E-state index contributed by atoms with van der Waals surface area (Å²) in [4.78, 5) is 13.3. The third-order valence-electron chi connectivity index (χ3n) is 4.47. The van der Waals surface area contributed by atoms with Gasteiger partial charge >= 0.3 is 0 Å². The first-order valence-electron chi connectivity index (χ1n) is 7.25. The lowest BCUT2D eigenvalue weighted by Gasteiger charge is -2.40. The number of nitrogens with zero attached hydrogens (tertiary/aromatic N) is 4. The fraction of sp³-hybridized carbons (Fsp3) is 0.714. The van der Waals surface area contributed by atoms with Gasteiger partial charge in [-0.2, -0.15) is 0 Å². The molecule has 1 fully saturated rings. The summed E-state index contributed by atoms with van der Waals surface area (Å²) < 4.78 is 5.56. The fourth-order valence-corrected chi connectivity index (χ4v) is 3.42. The number of anilines is 1. The summed E-state index contributed by atoms with van der Waals surface area (Å²) >= 11 is 0. The first-order chi connectivity index (χ1) is 9.61. The zero-order valence-corrected chi connectivity index (χ0v) is 12.4. The summed E-state index contributed by atoms with van der Waals surface area (Å²) in [5.74, 6) is 1.51. The number of hydrogen-bond acceptors (Lipinski definition) is 5. The standard InChI is InChI=1S/C14H21BN4O/c1-9-6-11(20-3)13-12(9)14(17-8-16-13)19-5-4-18(15)7-10(19)2/h8-11H,4-7H2,1-3H3/t9-,10+,11-/m1/s1. The van der Waals surface area contributed by atoms with Gasteiger partial charge in [0.2, 0.25) is 0 Å². The zero-order valence-electron chi connectivity index (χ0n) is 12.4. The van der Waals surface area contributed by atoms with E-state index in [1.165, 1.54) is 5.56 Å². The molecule has 0 saturated carbocycles. The van der Waals surface area contributed by atoms with E-state index in [0.29, 0.717) is 12.0 Å². The van der Waals surface area contributed by atoms with Crippen molar-refractivity contribution in [1.29, 1.82) is 0 Å². The zero-order chi connectivity index (χ0) is 14.3. The summed E-state index contributed by atoms with van der Waals surface area (Å²) in [6, 6.07) is 0.363. The van der Waals surface area contributed by atoms with Crippen molar-refractivity contribution in [2.45, 2.75) is 38.3 Å². The number of aromatic nitrogens is 2. The highest BCUT2D eigenvalue weighted by Gasteiger charge is 2.35. The van der Waals surface area contributed by atoms with Gasteiger partial charge in [0.25, 0.3) is 0 Å². The maximum atomic E-state index is 5.90. The van der Waals surface area contributed by atoms with Crippen LogP contribution in [0.3, 0.4) is 0 Å². The number of piperazine rings is 1. The largest absolute Gasteiger partial charge is 0.375 e. The second kappa shape index (κ2) is 5.33. The topological polar surface area (TPSA) is 41.5 Å². The van der Waals surface area contributed by atoms with E-state index in [1.54, 1.807) is 13.4 Å². The number of ether oxygens (including phenoxy) is 1. The normalized spacial score (nSPS) is 30.6. The Balaban J connectivity index is 1.97. The number of rotatable bonds is 2. The van der Waals surface area contributed by atoms with Crippen molar-refractivity contribution >= 4 is 13.8 Å². The monoisotopic (exact) mass is 272 g/mol. The van der Waals surface area contributed by atoms with Crippen molar-refractivity contribution in [2.75, 3.05) is 31.6 Å². The number of methoxy groups -OCH3 is 1. The molecule has 0 N–H and O–H groups in total. The van der Waals surface area contributed by atoms with Gasteiger partial charge in [0.15, 0.2) is 7.98 Å².